The van der Waals surface area contributed by atoms with Gasteiger partial charge in [-0.2, -0.15) is 0 Å². The molecule has 0 unspecified atom stereocenters. The fraction of sp³-hybridized carbons (Fsp3) is 0.794. The lowest BCUT2D eigenvalue weighted by Crippen LogP contribution is -2.59. The number of carbonyl (C=O) groups excluding carboxylic acids is 5. The SMILES string of the molecule is CCCCCCCCCC(=O)N[C@@H](CCCN=C(N)N)C(=O)N[C@H](C(=O)N[C@@H](CCCCN)C(=O)N[C@@H](CCCN=C(N)N)C(=O)CCl)C(C)C. The van der Waals surface area contributed by atoms with E-state index in [1.807, 2.05) is 0 Å². The van der Waals surface area contributed by atoms with Crippen molar-refractivity contribution in [2.45, 2.75) is 141 Å². The lowest BCUT2D eigenvalue weighted by atomic mass is 10.00. The Hall–Kier alpha value is -3.66. The number of alkyl halides is 1. The fourth-order valence-corrected chi connectivity index (χ4v) is 5.46. The number of Topliss-reactive ketones (excluding diaryl/α,β-unsaturated/α-hetero) is 1. The molecule has 4 atom stereocenters. The smallest absolute Gasteiger partial charge is 0.243 e. The summed E-state index contributed by atoms with van der Waals surface area (Å²) >= 11 is 5.81. The second kappa shape index (κ2) is 29.0. The Bertz CT molecular complexity index is 1100. The molecule has 0 rings (SSSR count). The number of hydrogen-bond acceptors (Lipinski definition) is 8. The van der Waals surface area contributed by atoms with E-state index in [-0.39, 0.29) is 68.4 Å². The summed E-state index contributed by atoms with van der Waals surface area (Å²) in [6.07, 6.45) is 10.3. The largest absolute Gasteiger partial charge is 0.370 e. The van der Waals surface area contributed by atoms with Crippen molar-refractivity contribution in [1.29, 1.82) is 0 Å². The third-order valence-corrected chi connectivity index (χ3v) is 8.48. The van der Waals surface area contributed by atoms with Gasteiger partial charge in [-0.25, -0.2) is 0 Å². The highest BCUT2D eigenvalue weighted by Crippen LogP contribution is 2.11. The number of amides is 4. The molecule has 0 saturated heterocycles. The fourth-order valence-electron chi connectivity index (χ4n) is 5.28. The average Bonchev–Trinajstić information content (AvgIpc) is 3.07. The molecule has 0 bridgehead atoms. The summed E-state index contributed by atoms with van der Waals surface area (Å²) in [6, 6.07) is -3.91. The molecule has 0 aliphatic rings. The molecule has 14 N–H and O–H groups in total. The van der Waals surface area contributed by atoms with Crippen LogP contribution in [-0.2, 0) is 24.0 Å². The maximum Gasteiger partial charge on any atom is 0.243 e. The van der Waals surface area contributed by atoms with E-state index in [0.717, 1.165) is 19.3 Å². The molecule has 0 aliphatic heterocycles. The topological polar surface area (TPSA) is 288 Å². The van der Waals surface area contributed by atoms with Crippen molar-refractivity contribution in [3.63, 3.8) is 0 Å². The zero-order valence-corrected chi connectivity index (χ0v) is 31.8. The van der Waals surface area contributed by atoms with Gasteiger partial charge in [-0.15, -0.1) is 11.6 Å². The average molecular weight is 744 g/mol. The maximum absolute atomic E-state index is 13.7. The van der Waals surface area contributed by atoms with E-state index in [1.54, 1.807) is 13.8 Å². The van der Waals surface area contributed by atoms with Gasteiger partial charge in [0.2, 0.25) is 23.6 Å². The van der Waals surface area contributed by atoms with Crippen molar-refractivity contribution in [2.24, 2.45) is 44.6 Å². The molecule has 17 heteroatoms. The monoisotopic (exact) mass is 743 g/mol. The van der Waals surface area contributed by atoms with Gasteiger partial charge < -0.3 is 49.9 Å². The van der Waals surface area contributed by atoms with Crippen molar-refractivity contribution in [3.8, 4) is 0 Å². The Morgan fingerprint density at radius 2 is 1.10 bits per heavy atom. The second-order valence-corrected chi connectivity index (χ2v) is 13.4. The van der Waals surface area contributed by atoms with E-state index in [2.05, 4.69) is 38.2 Å². The predicted molar refractivity (Wildman–Crippen MR) is 204 cm³/mol. The van der Waals surface area contributed by atoms with Crippen LogP contribution < -0.4 is 49.9 Å². The highest BCUT2D eigenvalue weighted by molar-refractivity contribution is 6.28. The van der Waals surface area contributed by atoms with Crippen LogP contribution in [0.1, 0.15) is 117 Å². The van der Waals surface area contributed by atoms with Gasteiger partial charge in [-0.1, -0.05) is 59.3 Å². The number of nitrogens with one attached hydrogen (secondary N) is 4. The number of unbranched alkanes of at least 4 members (excludes halogenated alkanes) is 7. The van der Waals surface area contributed by atoms with Gasteiger partial charge in [0, 0.05) is 19.5 Å². The summed E-state index contributed by atoms with van der Waals surface area (Å²) in [7, 11) is 0. The normalized spacial score (nSPS) is 13.3. The molecule has 0 aromatic rings. The first-order valence-corrected chi connectivity index (χ1v) is 18.9. The van der Waals surface area contributed by atoms with E-state index in [4.69, 9.17) is 40.3 Å². The Morgan fingerprint density at radius 1 is 0.608 bits per heavy atom. The lowest BCUT2D eigenvalue weighted by molar-refractivity contribution is -0.135. The summed E-state index contributed by atoms with van der Waals surface area (Å²) < 4.78 is 0. The van der Waals surface area contributed by atoms with Gasteiger partial charge in [0.05, 0.1) is 11.9 Å². The number of nitrogens with zero attached hydrogens (tertiary/aromatic N) is 2. The van der Waals surface area contributed by atoms with Gasteiger partial charge in [-0.05, 0) is 63.8 Å². The molecule has 0 radical (unpaired) electrons. The third-order valence-electron chi connectivity index (χ3n) is 8.21. The molecule has 0 saturated carbocycles. The van der Waals surface area contributed by atoms with E-state index in [9.17, 15) is 24.0 Å². The molecule has 51 heavy (non-hydrogen) atoms. The lowest BCUT2D eigenvalue weighted by Gasteiger charge is -2.28. The Balaban J connectivity index is 5.77. The molecule has 0 aromatic carbocycles. The summed E-state index contributed by atoms with van der Waals surface area (Å²) in [4.78, 5) is 74.0. The second-order valence-electron chi connectivity index (χ2n) is 13.1. The first-order chi connectivity index (χ1) is 24.3. The molecule has 4 amide bonds. The minimum atomic E-state index is -1.04. The Morgan fingerprint density at radius 3 is 1.63 bits per heavy atom. The molecular weight excluding hydrogens is 678 g/mol. The summed E-state index contributed by atoms with van der Waals surface area (Å²) in [5.41, 5.74) is 27.3. The first-order valence-electron chi connectivity index (χ1n) is 18.4. The van der Waals surface area contributed by atoms with Gasteiger partial charge in [-0.3, -0.25) is 34.0 Å². The van der Waals surface area contributed by atoms with Crippen LogP contribution in [0.3, 0.4) is 0 Å². The van der Waals surface area contributed by atoms with Gasteiger partial charge >= 0.3 is 0 Å². The quantitative estimate of drug-likeness (QED) is 0.0215. The van der Waals surface area contributed by atoms with Crippen molar-refractivity contribution < 1.29 is 24.0 Å². The van der Waals surface area contributed by atoms with Crippen LogP contribution in [0.4, 0.5) is 0 Å². The highest BCUT2D eigenvalue weighted by atomic mass is 35.5. The van der Waals surface area contributed by atoms with E-state index in [0.29, 0.717) is 38.6 Å². The molecule has 0 spiro atoms. The van der Waals surface area contributed by atoms with Gasteiger partial charge in [0.25, 0.3) is 0 Å². The van der Waals surface area contributed by atoms with Crippen LogP contribution in [-0.4, -0.2) is 91.0 Å². The Kier molecular flexibility index (Phi) is 26.9. The van der Waals surface area contributed by atoms with E-state index >= 15 is 0 Å². The van der Waals surface area contributed by atoms with Crippen molar-refractivity contribution >= 4 is 52.9 Å². The van der Waals surface area contributed by atoms with Gasteiger partial charge in [0.1, 0.15) is 18.1 Å². The number of aliphatic imine (C=N–C) groups is 2. The maximum atomic E-state index is 13.7. The van der Waals surface area contributed by atoms with Crippen molar-refractivity contribution in [1.82, 2.24) is 21.3 Å². The molecular formula is C34H66ClN11O5. The summed E-state index contributed by atoms with van der Waals surface area (Å²) in [6.45, 7) is 6.58. The van der Waals surface area contributed by atoms with Crippen LogP contribution in [0.5, 0.6) is 0 Å². The van der Waals surface area contributed by atoms with E-state index in [1.165, 1.54) is 19.3 Å². The van der Waals surface area contributed by atoms with E-state index < -0.39 is 47.7 Å². The number of ketones is 1. The van der Waals surface area contributed by atoms with Crippen LogP contribution in [0.15, 0.2) is 9.98 Å². The molecule has 0 heterocycles. The number of guanidine groups is 2. The molecule has 0 aliphatic carbocycles. The minimum absolute atomic E-state index is 0.0788. The molecule has 294 valence electrons. The number of halogens is 1. The predicted octanol–water partition coefficient (Wildman–Crippen LogP) is 0.766. The standard InChI is InChI=1S/C34H66ClN11O5/c1-4-5-6-7-8-9-10-18-28(48)43-25(17-14-21-42-34(39)40)31(50)46-29(23(2)3)32(51)45-26(15-11-12-19-36)30(49)44-24(27(47)22-35)16-13-20-41-33(37)38/h23-26,29H,4-22,36H2,1-3H3,(H,43,48)(H,44,49)(H,45,51)(H,46,50)(H4,37,38,41)(H4,39,40,42)/t24-,25-,26-,29-/m0/s1. The molecule has 0 fully saturated rings. The molecule has 0 aromatic heterocycles. The van der Waals surface area contributed by atoms with Crippen molar-refractivity contribution in [2.75, 3.05) is 25.5 Å². The highest BCUT2D eigenvalue weighted by Gasteiger charge is 2.32. The number of carbonyl (C=O) groups is 5. The molecule has 16 nitrogen and oxygen atoms in total. The summed E-state index contributed by atoms with van der Waals surface area (Å²) in [5, 5.41) is 11.1. The van der Waals surface area contributed by atoms with Crippen LogP contribution in [0, 0.1) is 5.92 Å². The first kappa shape index (κ1) is 47.3. The number of rotatable bonds is 30. The van der Waals surface area contributed by atoms with Gasteiger partial charge in [0.15, 0.2) is 17.7 Å². The van der Waals surface area contributed by atoms with Crippen LogP contribution in [0.25, 0.3) is 0 Å². The number of nitrogens with two attached hydrogens (primary N) is 5. The Labute approximate surface area is 309 Å². The zero-order valence-electron chi connectivity index (χ0n) is 31.0. The minimum Gasteiger partial charge on any atom is -0.370 e. The zero-order chi connectivity index (χ0) is 38.6. The third kappa shape index (κ3) is 23.4. The summed E-state index contributed by atoms with van der Waals surface area (Å²) in [5.74, 6) is -3.22. The van der Waals surface area contributed by atoms with Crippen LogP contribution in [0.2, 0.25) is 0 Å². The van der Waals surface area contributed by atoms with Crippen molar-refractivity contribution in [3.05, 3.63) is 0 Å². The van der Waals surface area contributed by atoms with Crippen LogP contribution >= 0.6 is 11.6 Å². The number of hydrogen-bond donors (Lipinski definition) is 9.